The summed E-state index contributed by atoms with van der Waals surface area (Å²) in [4.78, 5) is 25.2. The van der Waals surface area contributed by atoms with Crippen LogP contribution in [0, 0.1) is 5.41 Å². The van der Waals surface area contributed by atoms with Crippen molar-refractivity contribution >= 4 is 11.8 Å². The van der Waals surface area contributed by atoms with Crippen molar-refractivity contribution in [2.45, 2.75) is 26.9 Å². The number of nitrogens with one attached hydrogen (secondary N) is 2. The Morgan fingerprint density at radius 2 is 1.68 bits per heavy atom. The van der Waals surface area contributed by atoms with Crippen LogP contribution in [0.1, 0.15) is 25.0 Å². The van der Waals surface area contributed by atoms with E-state index in [1.807, 2.05) is 36.4 Å². The molecular formula is C21H24N2O5. The summed E-state index contributed by atoms with van der Waals surface area (Å²) >= 11 is 0. The Balaban J connectivity index is 1.56. The molecule has 7 heteroatoms. The molecule has 1 aliphatic heterocycles. The first kappa shape index (κ1) is 19.5. The predicted octanol–water partition coefficient (Wildman–Crippen LogP) is 2.38. The molecule has 148 valence electrons. The summed E-state index contributed by atoms with van der Waals surface area (Å²) in [5.41, 5.74) is 0.482. The van der Waals surface area contributed by atoms with E-state index in [1.54, 1.807) is 27.0 Å². The number of para-hydroxylation sites is 1. The molecule has 0 atom stereocenters. The molecule has 0 spiro atoms. The Morgan fingerprint density at radius 1 is 1.00 bits per heavy atom. The third-order valence-electron chi connectivity index (χ3n) is 4.66. The quantitative estimate of drug-likeness (QED) is 0.716. The zero-order chi connectivity index (χ0) is 20.1. The fourth-order valence-electron chi connectivity index (χ4n) is 2.80. The number of amides is 2. The maximum Gasteiger partial charge on any atom is 0.235 e. The van der Waals surface area contributed by atoms with Crippen LogP contribution in [0.2, 0.25) is 0 Å². The molecule has 0 radical (unpaired) electrons. The minimum atomic E-state index is -1.22. The average molecular weight is 384 g/mol. The van der Waals surface area contributed by atoms with Crippen molar-refractivity contribution in [2.24, 2.45) is 5.41 Å². The lowest BCUT2D eigenvalue weighted by molar-refractivity contribution is -0.141. The molecule has 7 nitrogen and oxygen atoms in total. The first-order valence-corrected chi connectivity index (χ1v) is 8.99. The average Bonchev–Trinajstić information content (AvgIpc) is 3.18. The highest BCUT2D eigenvalue weighted by atomic mass is 16.7. The van der Waals surface area contributed by atoms with Gasteiger partial charge in [0, 0.05) is 18.7 Å². The summed E-state index contributed by atoms with van der Waals surface area (Å²) in [6, 6.07) is 12.9. The highest BCUT2D eigenvalue weighted by molar-refractivity contribution is 6.04. The van der Waals surface area contributed by atoms with Gasteiger partial charge in [-0.2, -0.15) is 0 Å². The normalized spacial score (nSPS) is 12.4. The molecule has 2 N–H and O–H groups in total. The van der Waals surface area contributed by atoms with E-state index in [1.165, 1.54) is 0 Å². The van der Waals surface area contributed by atoms with Crippen molar-refractivity contribution in [3.05, 3.63) is 53.6 Å². The number of fused-ring (bicyclic) bond motifs is 1. The van der Waals surface area contributed by atoms with Crippen molar-refractivity contribution in [3.8, 4) is 17.2 Å². The maximum atomic E-state index is 12.6. The van der Waals surface area contributed by atoms with Gasteiger partial charge in [0.05, 0.1) is 7.11 Å². The molecule has 1 aliphatic rings. The molecule has 0 bridgehead atoms. The van der Waals surface area contributed by atoms with Gasteiger partial charge in [-0.3, -0.25) is 9.59 Å². The Bertz CT molecular complexity index is 879. The Hall–Kier alpha value is -3.22. The van der Waals surface area contributed by atoms with E-state index in [9.17, 15) is 9.59 Å². The molecule has 0 saturated carbocycles. The van der Waals surface area contributed by atoms with Gasteiger partial charge < -0.3 is 24.8 Å². The molecule has 0 aliphatic carbocycles. The third kappa shape index (κ3) is 4.19. The van der Waals surface area contributed by atoms with Gasteiger partial charge in [-0.1, -0.05) is 24.3 Å². The fraction of sp³-hybridized carbons (Fsp3) is 0.333. The Labute approximate surface area is 164 Å². The Kier molecular flexibility index (Phi) is 5.73. The molecule has 1 heterocycles. The first-order chi connectivity index (χ1) is 13.4. The van der Waals surface area contributed by atoms with Crippen LogP contribution in [0.25, 0.3) is 0 Å². The number of ether oxygens (including phenoxy) is 3. The van der Waals surface area contributed by atoms with Crippen molar-refractivity contribution < 1.29 is 23.8 Å². The molecule has 2 aromatic carbocycles. The summed E-state index contributed by atoms with van der Waals surface area (Å²) in [6.45, 7) is 3.96. The monoisotopic (exact) mass is 384 g/mol. The van der Waals surface area contributed by atoms with Gasteiger partial charge in [-0.15, -0.1) is 0 Å². The lowest BCUT2D eigenvalue weighted by atomic mass is 9.91. The van der Waals surface area contributed by atoms with Gasteiger partial charge in [0.25, 0.3) is 0 Å². The van der Waals surface area contributed by atoms with Crippen LogP contribution < -0.4 is 24.8 Å². The number of hydrogen-bond donors (Lipinski definition) is 2. The van der Waals surface area contributed by atoms with Crippen LogP contribution in [-0.2, 0) is 22.7 Å². The van der Waals surface area contributed by atoms with Gasteiger partial charge in [0.1, 0.15) is 11.2 Å². The smallest absolute Gasteiger partial charge is 0.235 e. The number of carbonyl (C=O) groups excluding carboxylic acids is 2. The SMILES string of the molecule is COc1ccccc1CNC(=O)C(C)(C)C(=O)NCc1ccc2c(c1)OCO2. The summed E-state index contributed by atoms with van der Waals surface area (Å²) < 4.78 is 15.9. The summed E-state index contributed by atoms with van der Waals surface area (Å²) in [7, 11) is 1.58. The molecule has 2 aromatic rings. The molecule has 3 rings (SSSR count). The van der Waals surface area contributed by atoms with E-state index in [-0.39, 0.29) is 25.2 Å². The minimum Gasteiger partial charge on any atom is -0.496 e. The van der Waals surface area contributed by atoms with E-state index in [0.717, 1.165) is 11.1 Å². The molecule has 0 aromatic heterocycles. The van der Waals surface area contributed by atoms with Gasteiger partial charge in [0.2, 0.25) is 18.6 Å². The second-order valence-corrected chi connectivity index (χ2v) is 6.99. The largest absolute Gasteiger partial charge is 0.496 e. The standard InChI is InChI=1S/C21H24N2O5/c1-21(2,20(25)23-12-15-6-4-5-7-16(15)26-3)19(24)22-11-14-8-9-17-18(10-14)28-13-27-17/h4-10H,11-13H2,1-3H3,(H,22,24)(H,23,25). The van der Waals surface area contributed by atoms with E-state index in [0.29, 0.717) is 23.8 Å². The lowest BCUT2D eigenvalue weighted by Crippen LogP contribution is -2.47. The van der Waals surface area contributed by atoms with Crippen molar-refractivity contribution in [3.63, 3.8) is 0 Å². The molecule has 0 unspecified atom stereocenters. The van der Waals surface area contributed by atoms with E-state index < -0.39 is 5.41 Å². The van der Waals surface area contributed by atoms with Gasteiger partial charge >= 0.3 is 0 Å². The number of rotatable bonds is 7. The lowest BCUT2D eigenvalue weighted by Gasteiger charge is -2.23. The summed E-state index contributed by atoms with van der Waals surface area (Å²) in [5, 5.41) is 5.62. The molecule has 0 fully saturated rings. The van der Waals surface area contributed by atoms with E-state index in [2.05, 4.69) is 10.6 Å². The Morgan fingerprint density at radius 3 is 2.43 bits per heavy atom. The molecule has 28 heavy (non-hydrogen) atoms. The highest BCUT2D eigenvalue weighted by Gasteiger charge is 2.35. The van der Waals surface area contributed by atoms with Crippen LogP contribution in [0.3, 0.4) is 0 Å². The minimum absolute atomic E-state index is 0.199. The zero-order valence-electron chi connectivity index (χ0n) is 16.2. The first-order valence-electron chi connectivity index (χ1n) is 8.99. The van der Waals surface area contributed by atoms with Crippen LogP contribution in [0.5, 0.6) is 17.2 Å². The molecule has 2 amide bonds. The van der Waals surface area contributed by atoms with Gasteiger partial charge in [-0.05, 0) is 37.6 Å². The van der Waals surface area contributed by atoms with Crippen LogP contribution in [0.15, 0.2) is 42.5 Å². The maximum absolute atomic E-state index is 12.6. The number of carbonyl (C=O) groups is 2. The fourth-order valence-corrected chi connectivity index (χ4v) is 2.80. The number of methoxy groups -OCH3 is 1. The topological polar surface area (TPSA) is 85.9 Å². The highest BCUT2D eigenvalue weighted by Crippen LogP contribution is 2.32. The second-order valence-electron chi connectivity index (χ2n) is 6.99. The number of benzene rings is 2. The van der Waals surface area contributed by atoms with Crippen molar-refractivity contribution in [1.29, 1.82) is 0 Å². The van der Waals surface area contributed by atoms with Crippen LogP contribution in [0.4, 0.5) is 0 Å². The second kappa shape index (κ2) is 8.21. The number of hydrogen-bond acceptors (Lipinski definition) is 5. The van der Waals surface area contributed by atoms with Gasteiger partial charge in [0.15, 0.2) is 11.5 Å². The summed E-state index contributed by atoms with van der Waals surface area (Å²) in [5.74, 6) is 1.31. The van der Waals surface area contributed by atoms with Crippen LogP contribution in [-0.4, -0.2) is 25.7 Å². The third-order valence-corrected chi connectivity index (χ3v) is 4.66. The molecular weight excluding hydrogens is 360 g/mol. The predicted molar refractivity (Wildman–Crippen MR) is 103 cm³/mol. The van der Waals surface area contributed by atoms with Crippen molar-refractivity contribution in [2.75, 3.05) is 13.9 Å². The van der Waals surface area contributed by atoms with Gasteiger partial charge in [-0.25, -0.2) is 0 Å². The zero-order valence-corrected chi connectivity index (χ0v) is 16.2. The summed E-state index contributed by atoms with van der Waals surface area (Å²) in [6.07, 6.45) is 0. The van der Waals surface area contributed by atoms with E-state index >= 15 is 0 Å². The van der Waals surface area contributed by atoms with Crippen LogP contribution >= 0.6 is 0 Å². The van der Waals surface area contributed by atoms with Crippen molar-refractivity contribution in [1.82, 2.24) is 10.6 Å². The van der Waals surface area contributed by atoms with E-state index in [4.69, 9.17) is 14.2 Å². The molecule has 0 saturated heterocycles.